The Morgan fingerprint density at radius 3 is 2.35 bits per heavy atom. The summed E-state index contributed by atoms with van der Waals surface area (Å²) in [6, 6.07) is 2.31. The minimum Gasteiger partial charge on any atom is -0.465 e. The van der Waals surface area contributed by atoms with Crippen LogP contribution < -0.4 is 4.72 Å². The van der Waals surface area contributed by atoms with Gasteiger partial charge in [-0.3, -0.25) is 4.72 Å². The molecule has 0 saturated carbocycles. The van der Waals surface area contributed by atoms with Gasteiger partial charge >= 0.3 is 12.1 Å². The van der Waals surface area contributed by atoms with E-state index in [4.69, 9.17) is 11.6 Å². The molecule has 0 saturated heterocycles. The normalized spacial score (nSPS) is 12.1. The van der Waals surface area contributed by atoms with Crippen molar-refractivity contribution in [1.82, 2.24) is 4.98 Å². The molecular formula is C15H14ClF3N2O4S. The molecule has 2 rings (SSSR count). The first kappa shape index (κ1) is 20.1. The molecule has 1 aromatic heterocycles. The Labute approximate surface area is 152 Å². The monoisotopic (exact) mass is 410 g/mol. The average molecular weight is 411 g/mol. The number of aromatic amines is 1. The zero-order valence-electron chi connectivity index (χ0n) is 13.8. The largest absolute Gasteiger partial charge is 0.465 e. The van der Waals surface area contributed by atoms with Gasteiger partial charge in [-0.15, -0.1) is 0 Å². The minimum atomic E-state index is -4.71. The van der Waals surface area contributed by atoms with Crippen molar-refractivity contribution in [3.05, 3.63) is 45.7 Å². The number of anilines is 1. The number of methoxy groups -OCH3 is 1. The van der Waals surface area contributed by atoms with E-state index in [1.807, 2.05) is 4.72 Å². The van der Waals surface area contributed by atoms with E-state index in [-0.39, 0.29) is 27.7 Å². The van der Waals surface area contributed by atoms with Crippen LogP contribution in [0.25, 0.3) is 0 Å². The molecule has 0 aliphatic rings. The van der Waals surface area contributed by atoms with Crippen LogP contribution in [0.4, 0.5) is 18.9 Å². The van der Waals surface area contributed by atoms with E-state index >= 15 is 0 Å². The number of H-pyrrole nitrogens is 1. The van der Waals surface area contributed by atoms with Crippen LogP contribution in [0.5, 0.6) is 0 Å². The van der Waals surface area contributed by atoms with Crippen LogP contribution in [0.15, 0.2) is 23.1 Å². The first-order valence-corrected chi connectivity index (χ1v) is 8.91. The number of esters is 1. The summed E-state index contributed by atoms with van der Waals surface area (Å²) >= 11 is 5.66. The Bertz CT molecular complexity index is 968. The molecule has 2 aromatic rings. The molecule has 1 aromatic carbocycles. The van der Waals surface area contributed by atoms with Gasteiger partial charge in [-0.25, -0.2) is 13.2 Å². The van der Waals surface area contributed by atoms with Gasteiger partial charge in [0.2, 0.25) is 0 Å². The maximum Gasteiger partial charge on any atom is 0.416 e. The molecule has 0 aliphatic heterocycles. The first-order chi connectivity index (χ1) is 11.9. The summed E-state index contributed by atoms with van der Waals surface area (Å²) in [5.74, 6) is -0.894. The summed E-state index contributed by atoms with van der Waals surface area (Å²) in [7, 11) is -3.31. The highest BCUT2D eigenvalue weighted by atomic mass is 35.5. The number of sulfonamides is 1. The first-order valence-electron chi connectivity index (χ1n) is 7.05. The maximum atomic E-state index is 12.9. The van der Waals surface area contributed by atoms with Crippen LogP contribution in [0, 0.1) is 13.8 Å². The third-order valence-electron chi connectivity index (χ3n) is 3.45. The summed E-state index contributed by atoms with van der Waals surface area (Å²) < 4.78 is 70.6. The van der Waals surface area contributed by atoms with E-state index in [9.17, 15) is 26.4 Å². The molecule has 0 spiro atoms. The molecule has 0 radical (unpaired) electrons. The van der Waals surface area contributed by atoms with E-state index in [1.165, 1.54) is 13.8 Å². The number of hydrogen-bond acceptors (Lipinski definition) is 4. The number of ether oxygens (including phenoxy) is 1. The molecule has 0 unspecified atom stereocenters. The van der Waals surface area contributed by atoms with E-state index in [2.05, 4.69) is 9.72 Å². The standard InChI is InChI=1S/C15H14ClF3N2O4S/c1-7-12(14(22)25-3)13(8(2)20-7)26(23,24)21-11-5-9(15(17,18)19)4-10(16)6-11/h4-6,20-21H,1-3H3. The number of alkyl halides is 3. The van der Waals surface area contributed by atoms with Crippen molar-refractivity contribution in [2.45, 2.75) is 24.9 Å². The lowest BCUT2D eigenvalue weighted by molar-refractivity contribution is -0.137. The fourth-order valence-corrected chi connectivity index (χ4v) is 4.19. The van der Waals surface area contributed by atoms with Gasteiger partial charge in [0.15, 0.2) is 0 Å². The predicted molar refractivity (Wildman–Crippen MR) is 88.9 cm³/mol. The molecule has 6 nitrogen and oxygen atoms in total. The highest BCUT2D eigenvalue weighted by molar-refractivity contribution is 7.92. The van der Waals surface area contributed by atoms with Gasteiger partial charge in [0, 0.05) is 16.4 Å². The second-order valence-corrected chi connectivity index (χ2v) is 7.46. The molecule has 0 amide bonds. The molecule has 2 N–H and O–H groups in total. The van der Waals surface area contributed by atoms with Gasteiger partial charge in [0.25, 0.3) is 10.0 Å². The van der Waals surface area contributed by atoms with Crippen molar-refractivity contribution in [2.24, 2.45) is 0 Å². The number of rotatable bonds is 4. The van der Waals surface area contributed by atoms with Crippen LogP contribution in [-0.2, 0) is 20.9 Å². The number of aryl methyl sites for hydroxylation is 2. The van der Waals surface area contributed by atoms with Gasteiger partial charge in [-0.2, -0.15) is 13.2 Å². The minimum absolute atomic E-state index is 0.133. The van der Waals surface area contributed by atoms with Crippen molar-refractivity contribution >= 4 is 33.3 Å². The SMILES string of the molecule is COC(=O)c1c(C)[nH]c(C)c1S(=O)(=O)Nc1cc(Cl)cc(C(F)(F)F)c1. The topological polar surface area (TPSA) is 88.3 Å². The quantitative estimate of drug-likeness (QED) is 0.748. The van der Waals surface area contributed by atoms with E-state index in [0.717, 1.165) is 13.2 Å². The van der Waals surface area contributed by atoms with Crippen LogP contribution >= 0.6 is 11.6 Å². The van der Waals surface area contributed by atoms with Gasteiger partial charge in [0.05, 0.1) is 18.4 Å². The molecule has 11 heteroatoms. The molecule has 0 fully saturated rings. The number of nitrogens with one attached hydrogen (secondary N) is 2. The highest BCUT2D eigenvalue weighted by Gasteiger charge is 2.33. The fourth-order valence-electron chi connectivity index (χ4n) is 2.46. The van der Waals surface area contributed by atoms with Gasteiger partial charge in [0.1, 0.15) is 10.5 Å². The molecule has 1 heterocycles. The number of carbonyl (C=O) groups excluding carboxylic acids is 1. The Kier molecular flexibility index (Phi) is 5.29. The van der Waals surface area contributed by atoms with Gasteiger partial charge < -0.3 is 9.72 Å². The molecule has 26 heavy (non-hydrogen) atoms. The fraction of sp³-hybridized carbons (Fsp3) is 0.267. The average Bonchev–Trinajstić information content (AvgIpc) is 2.79. The molecule has 142 valence electrons. The van der Waals surface area contributed by atoms with Gasteiger partial charge in [-0.1, -0.05) is 11.6 Å². The molecular weight excluding hydrogens is 397 g/mol. The molecule has 0 aliphatic carbocycles. The van der Waals surface area contributed by atoms with E-state index in [1.54, 1.807) is 0 Å². The second kappa shape index (κ2) is 6.84. The van der Waals surface area contributed by atoms with Crippen molar-refractivity contribution in [3.63, 3.8) is 0 Å². The summed E-state index contributed by atoms with van der Waals surface area (Å²) in [6.45, 7) is 2.88. The number of halogens is 4. The number of hydrogen-bond donors (Lipinski definition) is 2. The van der Waals surface area contributed by atoms with Crippen LogP contribution in [-0.4, -0.2) is 26.5 Å². The zero-order chi connectivity index (χ0) is 19.9. The summed E-state index contributed by atoms with van der Waals surface area (Å²) in [5.41, 5.74) is -1.35. The zero-order valence-corrected chi connectivity index (χ0v) is 15.4. The van der Waals surface area contributed by atoms with E-state index in [0.29, 0.717) is 12.1 Å². The molecule has 0 atom stereocenters. The lowest BCUT2D eigenvalue weighted by Crippen LogP contribution is -2.18. The maximum absolute atomic E-state index is 12.9. The second-order valence-electron chi connectivity index (χ2n) is 5.40. The van der Waals surface area contributed by atoms with Crippen molar-refractivity contribution in [3.8, 4) is 0 Å². The third kappa shape index (κ3) is 3.96. The van der Waals surface area contributed by atoms with Crippen LogP contribution in [0.3, 0.4) is 0 Å². The smallest absolute Gasteiger partial charge is 0.416 e. The lowest BCUT2D eigenvalue weighted by Gasteiger charge is -2.13. The highest BCUT2D eigenvalue weighted by Crippen LogP contribution is 2.34. The van der Waals surface area contributed by atoms with Crippen molar-refractivity contribution in [2.75, 3.05) is 11.8 Å². The van der Waals surface area contributed by atoms with Crippen LogP contribution in [0.2, 0.25) is 5.02 Å². The van der Waals surface area contributed by atoms with Gasteiger partial charge in [-0.05, 0) is 32.0 Å². The Hall–Kier alpha value is -2.20. The van der Waals surface area contributed by atoms with Crippen molar-refractivity contribution < 1.29 is 31.1 Å². The number of aromatic nitrogens is 1. The predicted octanol–water partition coefficient (Wildman–Crippen LogP) is 3.89. The lowest BCUT2D eigenvalue weighted by atomic mass is 10.2. The third-order valence-corrected chi connectivity index (χ3v) is 5.22. The number of carbonyl (C=O) groups is 1. The summed E-state index contributed by atoms with van der Waals surface area (Å²) in [4.78, 5) is 14.2. The Balaban J connectivity index is 2.55. The molecule has 0 bridgehead atoms. The number of benzene rings is 1. The summed E-state index contributed by atoms with van der Waals surface area (Å²) in [5, 5.41) is -0.298. The van der Waals surface area contributed by atoms with E-state index < -0.39 is 32.6 Å². The van der Waals surface area contributed by atoms with Crippen LogP contribution in [0.1, 0.15) is 27.3 Å². The van der Waals surface area contributed by atoms with Crippen molar-refractivity contribution in [1.29, 1.82) is 0 Å². The Morgan fingerprint density at radius 2 is 1.81 bits per heavy atom. The summed E-state index contributed by atoms with van der Waals surface area (Å²) in [6.07, 6.45) is -4.71. The Morgan fingerprint density at radius 1 is 1.19 bits per heavy atom.